The third kappa shape index (κ3) is 3.47. The van der Waals surface area contributed by atoms with Gasteiger partial charge in [-0.25, -0.2) is 0 Å². The van der Waals surface area contributed by atoms with Crippen molar-refractivity contribution >= 4 is 23.4 Å². The van der Waals surface area contributed by atoms with Crippen molar-refractivity contribution in [1.29, 1.82) is 0 Å². The minimum atomic E-state index is 0.603. The largest absolute Gasteiger partial charge is 0.483 e. The summed E-state index contributed by atoms with van der Waals surface area (Å²) < 4.78 is 5.57. The molecule has 0 atom stereocenters. The van der Waals surface area contributed by atoms with Gasteiger partial charge in [-0.3, -0.25) is 0 Å². The lowest BCUT2D eigenvalue weighted by Crippen LogP contribution is -1.91. The van der Waals surface area contributed by atoms with Gasteiger partial charge in [-0.05, 0) is 36.4 Å². The molecule has 0 amide bonds. The summed E-state index contributed by atoms with van der Waals surface area (Å²) in [6.07, 6.45) is 0. The molecule has 0 radical (unpaired) electrons. The summed E-state index contributed by atoms with van der Waals surface area (Å²) in [4.78, 5) is 1.15. The molecule has 0 aliphatic heterocycles. The average molecular weight is 251 g/mol. The molecule has 0 fully saturated rings. The molecule has 0 unspecified atom stereocenters. The number of hydrogen-bond acceptors (Lipinski definition) is 2. The lowest BCUT2D eigenvalue weighted by molar-refractivity contribution is 0.393. The Morgan fingerprint density at radius 3 is 2.31 bits per heavy atom. The first-order valence-corrected chi connectivity index (χ1v) is 6.27. The average Bonchev–Trinajstić information content (AvgIpc) is 2.33. The zero-order valence-corrected chi connectivity index (χ0v) is 10.2. The van der Waals surface area contributed by atoms with Gasteiger partial charge >= 0.3 is 0 Å². The van der Waals surface area contributed by atoms with Crippen LogP contribution in [0, 0.1) is 0 Å². The SMILES string of the molecule is Clc1ccc(SCOc2ccccc2)cc1. The molecule has 82 valence electrons. The minimum absolute atomic E-state index is 0.603. The fourth-order valence-electron chi connectivity index (χ4n) is 1.21. The van der Waals surface area contributed by atoms with Crippen LogP contribution in [0.4, 0.5) is 0 Å². The van der Waals surface area contributed by atoms with Gasteiger partial charge in [0.25, 0.3) is 0 Å². The zero-order valence-electron chi connectivity index (χ0n) is 8.60. The number of benzene rings is 2. The second-order valence-corrected chi connectivity index (χ2v) is 4.61. The van der Waals surface area contributed by atoms with Gasteiger partial charge in [0.05, 0.1) is 0 Å². The van der Waals surface area contributed by atoms with E-state index in [0.717, 1.165) is 15.7 Å². The summed E-state index contributed by atoms with van der Waals surface area (Å²) in [5.74, 6) is 1.50. The van der Waals surface area contributed by atoms with E-state index in [1.165, 1.54) is 0 Å². The topological polar surface area (TPSA) is 9.23 Å². The molecule has 0 saturated carbocycles. The molecule has 0 bridgehead atoms. The van der Waals surface area contributed by atoms with Crippen LogP contribution in [-0.2, 0) is 0 Å². The molecule has 2 aromatic rings. The summed E-state index contributed by atoms with van der Waals surface area (Å²) in [5.41, 5.74) is 0. The van der Waals surface area contributed by atoms with Crippen LogP contribution >= 0.6 is 23.4 Å². The van der Waals surface area contributed by atoms with Gasteiger partial charge in [-0.2, -0.15) is 0 Å². The third-order valence-corrected chi connectivity index (χ3v) is 3.10. The monoisotopic (exact) mass is 250 g/mol. The van der Waals surface area contributed by atoms with Crippen molar-refractivity contribution in [1.82, 2.24) is 0 Å². The van der Waals surface area contributed by atoms with E-state index in [1.807, 2.05) is 54.6 Å². The number of thioether (sulfide) groups is 1. The van der Waals surface area contributed by atoms with E-state index in [-0.39, 0.29) is 0 Å². The Morgan fingerprint density at radius 1 is 0.938 bits per heavy atom. The Labute approximate surface area is 104 Å². The molecule has 1 nitrogen and oxygen atoms in total. The molecule has 2 rings (SSSR count). The molecule has 0 N–H and O–H groups in total. The van der Waals surface area contributed by atoms with Gasteiger partial charge in [0, 0.05) is 9.92 Å². The minimum Gasteiger partial charge on any atom is -0.483 e. The number of hydrogen-bond donors (Lipinski definition) is 0. The molecular formula is C13H11ClOS. The second kappa shape index (κ2) is 5.83. The van der Waals surface area contributed by atoms with Crippen LogP contribution in [0.2, 0.25) is 5.02 Å². The highest BCUT2D eigenvalue weighted by atomic mass is 35.5. The van der Waals surface area contributed by atoms with Crippen LogP contribution in [-0.4, -0.2) is 5.94 Å². The van der Waals surface area contributed by atoms with Gasteiger partial charge in [0.2, 0.25) is 0 Å². The summed E-state index contributed by atoms with van der Waals surface area (Å²) in [6.45, 7) is 0. The predicted octanol–water partition coefficient (Wildman–Crippen LogP) is 4.47. The zero-order chi connectivity index (χ0) is 11.2. The number of ether oxygens (including phenoxy) is 1. The Morgan fingerprint density at radius 2 is 1.62 bits per heavy atom. The van der Waals surface area contributed by atoms with Gasteiger partial charge < -0.3 is 4.74 Å². The molecule has 2 aromatic carbocycles. The first kappa shape index (κ1) is 11.4. The third-order valence-electron chi connectivity index (χ3n) is 2.01. The Balaban J connectivity index is 1.82. The second-order valence-electron chi connectivity index (χ2n) is 3.17. The van der Waals surface area contributed by atoms with E-state index in [9.17, 15) is 0 Å². The number of para-hydroxylation sites is 1. The van der Waals surface area contributed by atoms with E-state index in [0.29, 0.717) is 5.94 Å². The van der Waals surface area contributed by atoms with Gasteiger partial charge in [-0.15, -0.1) is 0 Å². The summed E-state index contributed by atoms with van der Waals surface area (Å²) in [6, 6.07) is 17.5. The molecule has 0 aromatic heterocycles. The van der Waals surface area contributed by atoms with Crippen molar-refractivity contribution in [3.63, 3.8) is 0 Å². The summed E-state index contributed by atoms with van der Waals surface area (Å²) in [7, 11) is 0. The molecular weight excluding hydrogens is 240 g/mol. The normalized spacial score (nSPS) is 10.1. The maximum atomic E-state index is 5.80. The van der Waals surface area contributed by atoms with Crippen LogP contribution in [0.5, 0.6) is 5.75 Å². The standard InChI is InChI=1S/C13H11ClOS/c14-11-6-8-13(9-7-11)16-10-15-12-4-2-1-3-5-12/h1-9H,10H2. The van der Waals surface area contributed by atoms with Crippen LogP contribution in [0.1, 0.15) is 0 Å². The van der Waals surface area contributed by atoms with E-state index in [1.54, 1.807) is 11.8 Å². The Kier molecular flexibility index (Phi) is 4.14. The van der Waals surface area contributed by atoms with Gasteiger partial charge in [-0.1, -0.05) is 41.6 Å². The molecule has 0 aliphatic rings. The fourth-order valence-corrected chi connectivity index (χ4v) is 2.00. The highest BCUT2D eigenvalue weighted by molar-refractivity contribution is 7.99. The van der Waals surface area contributed by atoms with Crippen molar-refractivity contribution < 1.29 is 4.74 Å². The summed E-state index contributed by atoms with van der Waals surface area (Å²) in [5, 5.41) is 0.758. The van der Waals surface area contributed by atoms with Crippen LogP contribution < -0.4 is 4.74 Å². The highest BCUT2D eigenvalue weighted by Gasteiger charge is 1.95. The van der Waals surface area contributed by atoms with Gasteiger partial charge in [0.15, 0.2) is 0 Å². The van der Waals surface area contributed by atoms with Crippen LogP contribution in [0.25, 0.3) is 0 Å². The molecule has 0 aliphatic carbocycles. The van der Waals surface area contributed by atoms with Gasteiger partial charge in [0.1, 0.15) is 11.7 Å². The van der Waals surface area contributed by atoms with E-state index in [4.69, 9.17) is 16.3 Å². The molecule has 0 spiro atoms. The number of halogens is 1. The van der Waals surface area contributed by atoms with Crippen LogP contribution in [0.3, 0.4) is 0 Å². The predicted molar refractivity (Wildman–Crippen MR) is 69.2 cm³/mol. The quantitative estimate of drug-likeness (QED) is 0.585. The lowest BCUT2D eigenvalue weighted by Gasteiger charge is -2.05. The van der Waals surface area contributed by atoms with Crippen molar-refractivity contribution in [2.75, 3.05) is 5.94 Å². The molecule has 3 heteroatoms. The first-order chi connectivity index (χ1) is 7.84. The summed E-state index contributed by atoms with van der Waals surface area (Å²) >= 11 is 7.44. The molecule has 16 heavy (non-hydrogen) atoms. The van der Waals surface area contributed by atoms with E-state index >= 15 is 0 Å². The first-order valence-electron chi connectivity index (χ1n) is 4.91. The van der Waals surface area contributed by atoms with Crippen molar-refractivity contribution in [2.24, 2.45) is 0 Å². The molecule has 0 saturated heterocycles. The molecule has 0 heterocycles. The Hall–Kier alpha value is -1.12. The van der Waals surface area contributed by atoms with E-state index < -0.39 is 0 Å². The Bertz CT molecular complexity index is 427. The van der Waals surface area contributed by atoms with Crippen molar-refractivity contribution in [2.45, 2.75) is 4.90 Å². The van der Waals surface area contributed by atoms with Crippen molar-refractivity contribution in [3.8, 4) is 5.75 Å². The number of rotatable bonds is 4. The van der Waals surface area contributed by atoms with Crippen molar-refractivity contribution in [3.05, 3.63) is 59.6 Å². The smallest absolute Gasteiger partial charge is 0.138 e. The van der Waals surface area contributed by atoms with Crippen LogP contribution in [0.15, 0.2) is 59.5 Å². The lowest BCUT2D eigenvalue weighted by atomic mass is 10.3. The fraction of sp³-hybridized carbons (Fsp3) is 0.0769. The maximum Gasteiger partial charge on any atom is 0.138 e. The maximum absolute atomic E-state index is 5.80. The van der Waals surface area contributed by atoms with E-state index in [2.05, 4.69) is 0 Å². The highest BCUT2D eigenvalue weighted by Crippen LogP contribution is 2.21.